The molecule has 0 saturated heterocycles. The molecule has 0 radical (unpaired) electrons. The average Bonchev–Trinajstić information content (AvgIpc) is 2.48. The Hall–Kier alpha value is -1.71. The fourth-order valence-electron chi connectivity index (χ4n) is 1.88. The third-order valence-electron chi connectivity index (χ3n) is 2.79. The van der Waals surface area contributed by atoms with E-state index in [0.717, 1.165) is 0 Å². The molecule has 0 aliphatic carbocycles. The number of anilines is 3. The van der Waals surface area contributed by atoms with Gasteiger partial charge in [0.25, 0.3) is 0 Å². The second kappa shape index (κ2) is 7.24. The lowest BCUT2D eigenvalue weighted by Gasteiger charge is -2.15. The number of nitrogens with zero attached hydrogens (tertiary/aromatic N) is 2. The van der Waals surface area contributed by atoms with E-state index in [2.05, 4.69) is 41.3 Å². The van der Waals surface area contributed by atoms with Crippen LogP contribution in [0.25, 0.3) is 0 Å². The lowest BCUT2D eigenvalue weighted by Crippen LogP contribution is -2.30. The van der Waals surface area contributed by atoms with Crippen LogP contribution in [0, 0.1) is 0 Å². The Morgan fingerprint density at radius 3 is 2.57 bits per heavy atom. The predicted molar refractivity (Wildman–Crippen MR) is 94.5 cm³/mol. The van der Waals surface area contributed by atoms with E-state index in [-0.39, 0.29) is 10.9 Å². The lowest BCUT2D eigenvalue weighted by molar-refractivity contribution is 0.570. The van der Waals surface area contributed by atoms with Crippen LogP contribution in [0.4, 0.5) is 17.5 Å². The zero-order valence-corrected chi connectivity index (χ0v) is 15.4. The quantitative estimate of drug-likeness (QED) is 0.690. The number of hydrogen-bond acceptors (Lipinski definition) is 6. The lowest BCUT2D eigenvalue weighted by atomic mass is 10.3. The highest BCUT2D eigenvalue weighted by molar-refractivity contribution is 9.10. The molecule has 0 unspecified atom stereocenters. The molecular weight excluding hydrogens is 382 g/mol. The molecular formula is C14H18BrN5O2S. The minimum atomic E-state index is -3.63. The van der Waals surface area contributed by atoms with Crippen molar-refractivity contribution in [3.05, 3.63) is 34.9 Å². The van der Waals surface area contributed by atoms with Crippen molar-refractivity contribution in [2.45, 2.75) is 24.8 Å². The monoisotopic (exact) mass is 399 g/mol. The fourth-order valence-corrected chi connectivity index (χ4v) is 3.58. The van der Waals surface area contributed by atoms with Crippen LogP contribution in [0.2, 0.25) is 0 Å². The number of benzene rings is 1. The van der Waals surface area contributed by atoms with Crippen LogP contribution in [0.15, 0.2) is 39.8 Å². The molecule has 1 heterocycles. The van der Waals surface area contributed by atoms with E-state index >= 15 is 0 Å². The van der Waals surface area contributed by atoms with Crippen molar-refractivity contribution in [1.82, 2.24) is 14.7 Å². The Balaban J connectivity index is 2.42. The zero-order valence-electron chi connectivity index (χ0n) is 13.0. The summed E-state index contributed by atoms with van der Waals surface area (Å²) in [4.78, 5) is 8.50. The maximum absolute atomic E-state index is 12.5. The summed E-state index contributed by atoms with van der Waals surface area (Å²) in [5, 5.41) is 5.88. The number of hydrogen-bond donors (Lipinski definition) is 3. The van der Waals surface area contributed by atoms with Gasteiger partial charge in [0.1, 0.15) is 10.7 Å². The van der Waals surface area contributed by atoms with Gasteiger partial charge < -0.3 is 10.6 Å². The summed E-state index contributed by atoms with van der Waals surface area (Å²) < 4.78 is 28.1. The van der Waals surface area contributed by atoms with Gasteiger partial charge in [-0.15, -0.1) is 0 Å². The smallest absolute Gasteiger partial charge is 0.242 e. The summed E-state index contributed by atoms with van der Waals surface area (Å²) in [7, 11) is -1.92. The summed E-state index contributed by atoms with van der Waals surface area (Å²) in [6, 6.07) is 6.46. The highest BCUT2D eigenvalue weighted by Crippen LogP contribution is 2.28. The van der Waals surface area contributed by atoms with Crippen LogP contribution in [0.5, 0.6) is 0 Å². The highest BCUT2D eigenvalue weighted by atomic mass is 79.9. The number of sulfonamides is 1. The second-order valence-corrected chi connectivity index (χ2v) is 7.57. The zero-order chi connectivity index (χ0) is 17.0. The topological polar surface area (TPSA) is 96.0 Å². The molecule has 0 aliphatic heterocycles. The summed E-state index contributed by atoms with van der Waals surface area (Å²) in [5.41, 5.74) is 0.433. The first-order chi connectivity index (χ1) is 10.8. The molecule has 23 heavy (non-hydrogen) atoms. The molecule has 1 aromatic carbocycles. The number of para-hydroxylation sites is 1. The molecule has 0 amide bonds. The molecule has 9 heteroatoms. The molecule has 0 fully saturated rings. The van der Waals surface area contributed by atoms with Gasteiger partial charge in [-0.3, -0.25) is 0 Å². The minimum absolute atomic E-state index is 0.158. The number of halogens is 1. The van der Waals surface area contributed by atoms with Crippen molar-refractivity contribution in [1.29, 1.82) is 0 Å². The largest absolute Gasteiger partial charge is 0.357 e. The maximum atomic E-state index is 12.5. The molecule has 0 bridgehead atoms. The Bertz CT molecular complexity index is 796. The number of rotatable bonds is 6. The van der Waals surface area contributed by atoms with Crippen LogP contribution < -0.4 is 15.4 Å². The minimum Gasteiger partial charge on any atom is -0.357 e. The third kappa shape index (κ3) is 4.40. The third-order valence-corrected chi connectivity index (χ3v) is 5.09. The van der Waals surface area contributed by atoms with E-state index in [4.69, 9.17) is 0 Å². The number of aromatic nitrogens is 2. The van der Waals surface area contributed by atoms with Crippen LogP contribution in [-0.4, -0.2) is 31.5 Å². The Morgan fingerprint density at radius 2 is 1.91 bits per heavy atom. The van der Waals surface area contributed by atoms with Gasteiger partial charge in [-0.05, 0) is 41.9 Å². The first kappa shape index (κ1) is 17.6. The van der Waals surface area contributed by atoms with Crippen molar-refractivity contribution in [2.24, 2.45) is 0 Å². The fraction of sp³-hybridized carbons (Fsp3) is 0.286. The first-order valence-electron chi connectivity index (χ1n) is 6.92. The summed E-state index contributed by atoms with van der Waals surface area (Å²) >= 11 is 3.35. The molecule has 2 aromatic rings. The van der Waals surface area contributed by atoms with Gasteiger partial charge in [0.15, 0.2) is 0 Å². The van der Waals surface area contributed by atoms with E-state index in [0.29, 0.717) is 21.9 Å². The predicted octanol–water partition coefficient (Wildman–Crippen LogP) is 2.71. The summed E-state index contributed by atoms with van der Waals surface area (Å²) in [6.45, 7) is 3.54. The van der Waals surface area contributed by atoms with Crippen LogP contribution in [0.1, 0.15) is 13.8 Å². The average molecular weight is 400 g/mol. The molecule has 124 valence electrons. The van der Waals surface area contributed by atoms with Crippen LogP contribution in [0.3, 0.4) is 0 Å². The summed E-state index contributed by atoms with van der Waals surface area (Å²) in [6.07, 6.45) is 1.59. The number of nitrogens with one attached hydrogen (secondary N) is 3. The molecule has 7 nitrogen and oxygen atoms in total. The summed E-state index contributed by atoms with van der Waals surface area (Å²) in [5.74, 6) is 0.896. The van der Waals surface area contributed by atoms with Crippen molar-refractivity contribution < 1.29 is 8.42 Å². The van der Waals surface area contributed by atoms with Crippen molar-refractivity contribution >= 4 is 43.4 Å². The van der Waals surface area contributed by atoms with Crippen molar-refractivity contribution in [3.63, 3.8) is 0 Å². The Kier molecular flexibility index (Phi) is 5.55. The van der Waals surface area contributed by atoms with E-state index in [1.165, 1.54) is 0 Å². The first-order valence-corrected chi connectivity index (χ1v) is 9.20. The molecule has 0 aliphatic rings. The van der Waals surface area contributed by atoms with Gasteiger partial charge in [0, 0.05) is 19.3 Å². The molecule has 2 rings (SSSR count). The molecule has 0 spiro atoms. The Morgan fingerprint density at radius 1 is 1.22 bits per heavy atom. The van der Waals surface area contributed by atoms with Gasteiger partial charge in [-0.2, -0.15) is 4.98 Å². The molecule has 1 aromatic heterocycles. The molecule has 0 saturated carbocycles. The Labute approximate surface area is 144 Å². The van der Waals surface area contributed by atoms with Gasteiger partial charge in [-0.25, -0.2) is 18.1 Å². The van der Waals surface area contributed by atoms with Crippen molar-refractivity contribution in [3.8, 4) is 0 Å². The van der Waals surface area contributed by atoms with Gasteiger partial charge in [0.2, 0.25) is 16.0 Å². The van der Waals surface area contributed by atoms with Gasteiger partial charge in [0.05, 0.1) is 10.2 Å². The SMILES string of the molecule is CNc1ncc(Br)c(Nc2ccccc2S(=O)(=O)NC(C)C)n1. The normalized spacial score (nSPS) is 11.5. The van der Waals surface area contributed by atoms with E-state index in [9.17, 15) is 8.42 Å². The van der Waals surface area contributed by atoms with Crippen molar-refractivity contribution in [2.75, 3.05) is 17.7 Å². The highest BCUT2D eigenvalue weighted by Gasteiger charge is 2.20. The van der Waals surface area contributed by atoms with E-state index < -0.39 is 10.0 Å². The second-order valence-electron chi connectivity index (χ2n) is 5.04. The maximum Gasteiger partial charge on any atom is 0.242 e. The van der Waals surface area contributed by atoms with Gasteiger partial charge >= 0.3 is 0 Å². The van der Waals surface area contributed by atoms with Crippen LogP contribution >= 0.6 is 15.9 Å². The standard InChI is InChI=1S/C14H18BrN5O2S/c1-9(2)20-23(21,22)12-7-5-4-6-11(12)18-13-10(15)8-17-14(16-3)19-13/h4-9,20H,1-3H3,(H2,16,17,18,19). The molecule has 0 atom stereocenters. The molecule has 3 N–H and O–H groups in total. The van der Waals surface area contributed by atoms with E-state index in [1.54, 1.807) is 51.4 Å². The van der Waals surface area contributed by atoms with E-state index in [1.807, 2.05) is 0 Å². The van der Waals surface area contributed by atoms with Gasteiger partial charge in [-0.1, -0.05) is 12.1 Å². The van der Waals surface area contributed by atoms with Crippen LogP contribution in [-0.2, 0) is 10.0 Å².